The third kappa shape index (κ3) is 8.49. The molecule has 1 saturated carbocycles. The molecule has 0 aromatic heterocycles. The second kappa shape index (κ2) is 14.2. The van der Waals surface area contributed by atoms with Crippen LogP contribution in [0, 0.1) is 11.8 Å². The Labute approximate surface area is 207 Å². The smallest absolute Gasteiger partial charge is 0.343 e. The van der Waals surface area contributed by atoms with Crippen LogP contribution in [0.1, 0.15) is 113 Å². The quantitative estimate of drug-likeness (QED) is 0.168. The minimum atomic E-state index is -0.330. The van der Waals surface area contributed by atoms with Crippen molar-refractivity contribution in [1.29, 1.82) is 0 Å². The summed E-state index contributed by atoms with van der Waals surface area (Å²) in [7, 11) is 0. The predicted molar refractivity (Wildman–Crippen MR) is 141 cm³/mol. The van der Waals surface area contributed by atoms with Crippen LogP contribution < -0.4 is 9.47 Å². The van der Waals surface area contributed by atoms with Crippen LogP contribution in [0.25, 0.3) is 0 Å². The lowest BCUT2D eigenvalue weighted by Crippen LogP contribution is -2.13. The van der Waals surface area contributed by atoms with E-state index in [1.807, 2.05) is 24.3 Å². The first kappa shape index (κ1) is 26.3. The Hall–Kier alpha value is -2.29. The zero-order valence-electron chi connectivity index (χ0n) is 21.6. The van der Waals surface area contributed by atoms with Gasteiger partial charge in [-0.15, -0.1) is 0 Å². The molecule has 34 heavy (non-hydrogen) atoms. The molecule has 1 fully saturated rings. The van der Waals surface area contributed by atoms with Gasteiger partial charge in [-0.2, -0.15) is 0 Å². The lowest BCUT2D eigenvalue weighted by atomic mass is 9.77. The topological polar surface area (TPSA) is 35.5 Å². The molecule has 0 unspecified atom stereocenters. The summed E-state index contributed by atoms with van der Waals surface area (Å²) in [5.74, 6) is 3.38. The Morgan fingerprint density at radius 2 is 1.56 bits per heavy atom. The lowest BCUT2D eigenvalue weighted by Gasteiger charge is -2.29. The van der Waals surface area contributed by atoms with Gasteiger partial charge in [0.25, 0.3) is 0 Å². The second-order valence-electron chi connectivity index (χ2n) is 10.2. The molecule has 0 bridgehead atoms. The van der Waals surface area contributed by atoms with Crippen molar-refractivity contribution in [3.8, 4) is 11.5 Å². The number of hydrogen-bond donors (Lipinski definition) is 0. The molecule has 0 spiro atoms. The largest absolute Gasteiger partial charge is 0.494 e. The monoisotopic (exact) mass is 464 g/mol. The average molecular weight is 465 g/mol. The normalized spacial score (nSPS) is 18.9. The Kier molecular flexibility index (Phi) is 11.0. The van der Waals surface area contributed by atoms with Gasteiger partial charge in [-0.3, -0.25) is 0 Å². The third-order valence-electron chi connectivity index (χ3n) is 7.52. The molecule has 0 N–H and O–H groups in total. The Morgan fingerprint density at radius 3 is 2.21 bits per heavy atom. The van der Waals surface area contributed by atoms with Crippen molar-refractivity contribution in [3.05, 3.63) is 59.7 Å². The first-order chi connectivity index (χ1) is 16.6. The van der Waals surface area contributed by atoms with Gasteiger partial charge in [0.15, 0.2) is 0 Å². The van der Waals surface area contributed by atoms with E-state index in [2.05, 4.69) is 32.9 Å². The number of rotatable bonds is 13. The van der Waals surface area contributed by atoms with Crippen LogP contribution in [-0.4, -0.2) is 12.6 Å². The lowest BCUT2D eigenvalue weighted by molar-refractivity contribution is 0.0734. The molecule has 3 rings (SSSR count). The van der Waals surface area contributed by atoms with E-state index in [4.69, 9.17) is 9.47 Å². The van der Waals surface area contributed by atoms with Crippen LogP contribution in [0.2, 0.25) is 0 Å². The number of hydrogen-bond acceptors (Lipinski definition) is 3. The van der Waals surface area contributed by atoms with Gasteiger partial charge in [-0.1, -0.05) is 65.0 Å². The van der Waals surface area contributed by atoms with Crippen molar-refractivity contribution in [1.82, 2.24) is 0 Å². The van der Waals surface area contributed by atoms with Crippen LogP contribution in [-0.2, 0) is 0 Å². The van der Waals surface area contributed by atoms with E-state index in [0.29, 0.717) is 23.8 Å². The Bertz CT molecular complexity index is 832. The summed E-state index contributed by atoms with van der Waals surface area (Å²) in [4.78, 5) is 12.6. The molecule has 3 nitrogen and oxygen atoms in total. The highest BCUT2D eigenvalue weighted by Gasteiger charge is 2.22. The summed E-state index contributed by atoms with van der Waals surface area (Å²) < 4.78 is 11.4. The fourth-order valence-corrected chi connectivity index (χ4v) is 4.95. The molecular formula is C31H44O3. The molecule has 186 valence electrons. The predicted octanol–water partition coefficient (Wildman–Crippen LogP) is 8.97. The number of carbonyl (C=O) groups excluding carboxylic acids is 1. The summed E-state index contributed by atoms with van der Waals surface area (Å²) in [6, 6.07) is 15.4. The van der Waals surface area contributed by atoms with E-state index in [0.717, 1.165) is 24.0 Å². The standard InChI is InChI=1S/C31H44O3/c1-4-6-7-10-25-11-13-26(14-12-25)27-15-21-30(22-16-27)34-31(32)28-17-19-29(20-18-28)33-23-8-9-24(3)5-2/h15-22,24-26H,4-14,23H2,1-3H3/t24-,25?,26?/m0/s1. The highest BCUT2D eigenvalue weighted by Crippen LogP contribution is 2.38. The van der Waals surface area contributed by atoms with Crippen molar-refractivity contribution < 1.29 is 14.3 Å². The maximum absolute atomic E-state index is 12.6. The molecule has 3 heteroatoms. The Morgan fingerprint density at radius 1 is 0.882 bits per heavy atom. The summed E-state index contributed by atoms with van der Waals surface area (Å²) in [6.45, 7) is 7.48. The average Bonchev–Trinajstić information content (AvgIpc) is 2.88. The van der Waals surface area contributed by atoms with Crippen LogP contribution in [0.4, 0.5) is 0 Å². The van der Waals surface area contributed by atoms with Gasteiger partial charge in [0.05, 0.1) is 12.2 Å². The minimum Gasteiger partial charge on any atom is -0.494 e. The maximum Gasteiger partial charge on any atom is 0.343 e. The highest BCUT2D eigenvalue weighted by molar-refractivity contribution is 5.91. The van der Waals surface area contributed by atoms with E-state index in [1.165, 1.54) is 69.8 Å². The van der Waals surface area contributed by atoms with Crippen LogP contribution in [0.15, 0.2) is 48.5 Å². The van der Waals surface area contributed by atoms with Gasteiger partial charge in [0, 0.05) is 0 Å². The fraction of sp³-hybridized carbons (Fsp3) is 0.581. The number of ether oxygens (including phenoxy) is 2. The Balaban J connectivity index is 1.42. The molecule has 0 heterocycles. The van der Waals surface area contributed by atoms with Gasteiger partial charge in [-0.25, -0.2) is 4.79 Å². The molecule has 1 aliphatic rings. The molecule has 0 saturated heterocycles. The second-order valence-corrected chi connectivity index (χ2v) is 10.2. The van der Waals surface area contributed by atoms with E-state index >= 15 is 0 Å². The summed E-state index contributed by atoms with van der Waals surface area (Å²) in [5.41, 5.74) is 1.92. The van der Waals surface area contributed by atoms with E-state index in [9.17, 15) is 4.79 Å². The van der Waals surface area contributed by atoms with Crippen LogP contribution in [0.5, 0.6) is 11.5 Å². The van der Waals surface area contributed by atoms with Crippen molar-refractivity contribution in [2.24, 2.45) is 11.8 Å². The molecule has 0 radical (unpaired) electrons. The fourth-order valence-electron chi connectivity index (χ4n) is 4.95. The van der Waals surface area contributed by atoms with E-state index in [-0.39, 0.29) is 5.97 Å². The zero-order chi connectivity index (χ0) is 24.2. The SMILES string of the molecule is CCCCCC1CCC(c2ccc(OC(=O)c3ccc(OCCC[C@@H](C)CC)cc3)cc2)CC1. The van der Waals surface area contributed by atoms with Crippen LogP contribution in [0.3, 0.4) is 0 Å². The molecule has 1 aliphatic carbocycles. The third-order valence-corrected chi connectivity index (χ3v) is 7.52. The zero-order valence-corrected chi connectivity index (χ0v) is 21.6. The van der Waals surface area contributed by atoms with Gasteiger partial charge >= 0.3 is 5.97 Å². The van der Waals surface area contributed by atoms with Crippen molar-refractivity contribution in [2.45, 2.75) is 97.3 Å². The van der Waals surface area contributed by atoms with Gasteiger partial charge in [-0.05, 0) is 98.2 Å². The molecular weight excluding hydrogens is 420 g/mol. The first-order valence-electron chi connectivity index (χ1n) is 13.6. The molecule has 0 amide bonds. The van der Waals surface area contributed by atoms with Crippen LogP contribution >= 0.6 is 0 Å². The summed E-state index contributed by atoms with van der Waals surface area (Å²) >= 11 is 0. The number of carbonyl (C=O) groups is 1. The van der Waals surface area contributed by atoms with Crippen molar-refractivity contribution in [2.75, 3.05) is 6.61 Å². The van der Waals surface area contributed by atoms with Gasteiger partial charge < -0.3 is 9.47 Å². The van der Waals surface area contributed by atoms with Crippen molar-refractivity contribution in [3.63, 3.8) is 0 Å². The van der Waals surface area contributed by atoms with Crippen molar-refractivity contribution >= 4 is 5.97 Å². The first-order valence-corrected chi connectivity index (χ1v) is 13.6. The summed E-state index contributed by atoms with van der Waals surface area (Å²) in [6.07, 6.45) is 14.2. The number of esters is 1. The molecule has 1 atom stereocenters. The van der Waals surface area contributed by atoms with Gasteiger partial charge in [0.1, 0.15) is 11.5 Å². The minimum absolute atomic E-state index is 0.330. The highest BCUT2D eigenvalue weighted by atomic mass is 16.5. The molecule has 2 aromatic carbocycles. The molecule has 2 aromatic rings. The summed E-state index contributed by atoms with van der Waals surface area (Å²) in [5, 5.41) is 0. The van der Waals surface area contributed by atoms with E-state index in [1.54, 1.807) is 12.1 Å². The number of unbranched alkanes of at least 4 members (excludes halogenated alkanes) is 2. The van der Waals surface area contributed by atoms with Gasteiger partial charge in [0.2, 0.25) is 0 Å². The van der Waals surface area contributed by atoms with E-state index < -0.39 is 0 Å². The molecule has 0 aliphatic heterocycles. The number of benzene rings is 2. The maximum atomic E-state index is 12.6.